The number of carbonyl (C=O) groups is 2. The highest BCUT2D eigenvalue weighted by Gasteiger charge is 2.16. The van der Waals surface area contributed by atoms with E-state index in [0.717, 1.165) is 25.9 Å². The topological polar surface area (TPSA) is 101 Å². The number of amides is 2. The van der Waals surface area contributed by atoms with Crippen molar-refractivity contribution in [3.8, 4) is 0 Å². The van der Waals surface area contributed by atoms with E-state index in [1.807, 2.05) is 0 Å². The number of carbonyl (C=O) groups excluding carboxylic acids is 1. The van der Waals surface area contributed by atoms with Crippen LogP contribution in [-0.2, 0) is 4.74 Å². The molecule has 1 unspecified atom stereocenters. The molecule has 0 aromatic carbocycles. The molecule has 108 valence electrons. The molecule has 1 fully saturated rings. The van der Waals surface area contributed by atoms with E-state index in [4.69, 9.17) is 9.84 Å². The van der Waals surface area contributed by atoms with Crippen molar-refractivity contribution < 1.29 is 19.4 Å². The quantitative estimate of drug-likeness (QED) is 0.775. The van der Waals surface area contributed by atoms with Gasteiger partial charge >= 0.3 is 12.0 Å². The van der Waals surface area contributed by atoms with E-state index in [0.29, 0.717) is 6.54 Å². The number of hydrogen-bond acceptors (Lipinski definition) is 4. The zero-order chi connectivity index (χ0) is 14.4. The van der Waals surface area contributed by atoms with Crippen molar-refractivity contribution in [2.45, 2.75) is 25.4 Å². The first-order valence-electron chi connectivity index (χ1n) is 6.51. The minimum atomic E-state index is -1.18. The fourth-order valence-electron chi connectivity index (χ4n) is 2.02. The number of rotatable bonds is 4. The van der Waals surface area contributed by atoms with E-state index >= 15 is 0 Å². The van der Waals surface area contributed by atoms with Crippen LogP contribution in [0, 0.1) is 0 Å². The Balaban J connectivity index is 1.86. The number of aromatic carboxylic acids is 1. The van der Waals surface area contributed by atoms with Crippen LogP contribution in [0.4, 0.5) is 10.5 Å². The van der Waals surface area contributed by atoms with E-state index < -0.39 is 12.0 Å². The second-order valence-electron chi connectivity index (χ2n) is 4.53. The lowest BCUT2D eigenvalue weighted by molar-refractivity contribution is 0.0187. The second kappa shape index (κ2) is 6.85. The molecule has 0 saturated carbocycles. The minimum Gasteiger partial charge on any atom is -0.476 e. The third kappa shape index (κ3) is 3.92. The molecule has 2 heterocycles. The summed E-state index contributed by atoms with van der Waals surface area (Å²) >= 11 is 0. The molecule has 3 N–H and O–H groups in total. The smallest absolute Gasteiger partial charge is 0.356 e. The fourth-order valence-corrected chi connectivity index (χ4v) is 2.02. The number of nitrogens with zero attached hydrogens (tertiary/aromatic N) is 1. The Morgan fingerprint density at radius 1 is 1.45 bits per heavy atom. The molecule has 1 aliphatic rings. The number of carboxylic acids is 1. The third-order valence-electron chi connectivity index (χ3n) is 3.02. The highest BCUT2D eigenvalue weighted by molar-refractivity contribution is 5.98. The van der Waals surface area contributed by atoms with Gasteiger partial charge in [0, 0.05) is 19.3 Å². The van der Waals surface area contributed by atoms with E-state index in [1.54, 1.807) is 6.07 Å². The minimum absolute atomic E-state index is 0.0299. The average Bonchev–Trinajstić information content (AvgIpc) is 2.46. The monoisotopic (exact) mass is 279 g/mol. The number of ether oxygens (including phenoxy) is 1. The van der Waals surface area contributed by atoms with Gasteiger partial charge in [0.15, 0.2) is 5.69 Å². The summed E-state index contributed by atoms with van der Waals surface area (Å²) in [6.07, 6.45) is 4.47. The molecule has 0 aliphatic carbocycles. The normalized spacial score (nSPS) is 18.3. The molecule has 1 aromatic rings. The Morgan fingerprint density at radius 3 is 3.00 bits per heavy atom. The number of nitrogens with one attached hydrogen (secondary N) is 2. The highest BCUT2D eigenvalue weighted by atomic mass is 16.5. The summed E-state index contributed by atoms with van der Waals surface area (Å²) in [5, 5.41) is 14.1. The Morgan fingerprint density at radius 2 is 2.30 bits per heavy atom. The third-order valence-corrected chi connectivity index (χ3v) is 3.02. The van der Waals surface area contributed by atoms with E-state index in [1.165, 1.54) is 12.3 Å². The molecule has 0 radical (unpaired) electrons. The first-order valence-corrected chi connectivity index (χ1v) is 6.51. The van der Waals surface area contributed by atoms with Crippen LogP contribution in [-0.4, -0.2) is 41.3 Å². The maximum Gasteiger partial charge on any atom is 0.356 e. The van der Waals surface area contributed by atoms with Crippen molar-refractivity contribution in [2.75, 3.05) is 18.5 Å². The predicted octanol–water partition coefficient (Wildman–Crippen LogP) is 1.47. The maximum absolute atomic E-state index is 11.7. The average molecular weight is 279 g/mol. The lowest BCUT2D eigenvalue weighted by Gasteiger charge is -2.22. The summed E-state index contributed by atoms with van der Waals surface area (Å²) in [6, 6.07) is 2.59. The largest absolute Gasteiger partial charge is 0.476 e. The van der Waals surface area contributed by atoms with Crippen molar-refractivity contribution in [3.63, 3.8) is 0 Å². The number of hydrogen-bond donors (Lipinski definition) is 3. The number of aromatic nitrogens is 1. The predicted molar refractivity (Wildman–Crippen MR) is 71.8 cm³/mol. The van der Waals surface area contributed by atoms with Crippen LogP contribution in [0.2, 0.25) is 0 Å². The van der Waals surface area contributed by atoms with Gasteiger partial charge in [-0.1, -0.05) is 0 Å². The summed E-state index contributed by atoms with van der Waals surface area (Å²) < 4.78 is 5.49. The van der Waals surface area contributed by atoms with Crippen molar-refractivity contribution in [3.05, 3.63) is 24.0 Å². The van der Waals surface area contributed by atoms with Crippen LogP contribution < -0.4 is 10.6 Å². The van der Waals surface area contributed by atoms with Crippen LogP contribution in [0.15, 0.2) is 18.3 Å². The lowest BCUT2D eigenvalue weighted by atomic mass is 10.1. The van der Waals surface area contributed by atoms with Crippen LogP contribution in [0.5, 0.6) is 0 Å². The molecule has 0 bridgehead atoms. The summed E-state index contributed by atoms with van der Waals surface area (Å²) in [4.78, 5) is 26.4. The van der Waals surface area contributed by atoms with Gasteiger partial charge in [-0.25, -0.2) is 14.6 Å². The number of urea groups is 1. The second-order valence-corrected chi connectivity index (χ2v) is 4.53. The summed E-state index contributed by atoms with van der Waals surface area (Å²) in [5.74, 6) is -1.18. The van der Waals surface area contributed by atoms with Gasteiger partial charge in [-0.2, -0.15) is 0 Å². The molecule has 1 saturated heterocycles. The molecule has 7 heteroatoms. The highest BCUT2D eigenvalue weighted by Crippen LogP contribution is 2.13. The summed E-state index contributed by atoms with van der Waals surface area (Å²) in [7, 11) is 0. The number of carboxylic acid groups (broad SMARTS) is 1. The molecule has 2 rings (SSSR count). The fraction of sp³-hybridized carbons (Fsp3) is 0.462. The number of anilines is 1. The molecule has 20 heavy (non-hydrogen) atoms. The van der Waals surface area contributed by atoms with Crippen LogP contribution >= 0.6 is 0 Å². The van der Waals surface area contributed by atoms with Crippen molar-refractivity contribution >= 4 is 17.7 Å². The lowest BCUT2D eigenvalue weighted by Crippen LogP contribution is -2.38. The molecule has 0 spiro atoms. The summed E-state index contributed by atoms with van der Waals surface area (Å²) in [5.41, 5.74) is -0.0152. The zero-order valence-electron chi connectivity index (χ0n) is 11.0. The van der Waals surface area contributed by atoms with Gasteiger partial charge in [0.25, 0.3) is 0 Å². The van der Waals surface area contributed by atoms with Gasteiger partial charge in [0.05, 0.1) is 11.8 Å². The standard InChI is InChI=1S/C13H17N3O4/c17-12(18)11-10(5-3-6-14-11)16-13(19)15-8-9-4-1-2-7-20-9/h3,5-6,9H,1-2,4,7-8H2,(H,17,18)(H2,15,16,19). The molecular weight excluding hydrogens is 262 g/mol. The van der Waals surface area contributed by atoms with Crippen LogP contribution in [0.25, 0.3) is 0 Å². The van der Waals surface area contributed by atoms with E-state index in [2.05, 4.69) is 15.6 Å². The van der Waals surface area contributed by atoms with Gasteiger partial charge < -0.3 is 20.5 Å². The Bertz CT molecular complexity index is 486. The molecular formula is C13H17N3O4. The molecule has 1 aliphatic heterocycles. The van der Waals surface area contributed by atoms with Crippen molar-refractivity contribution in [1.29, 1.82) is 0 Å². The summed E-state index contributed by atoms with van der Waals surface area (Å²) in [6.45, 7) is 1.13. The van der Waals surface area contributed by atoms with Crippen LogP contribution in [0.3, 0.4) is 0 Å². The van der Waals surface area contributed by atoms with E-state index in [9.17, 15) is 9.59 Å². The number of pyridine rings is 1. The van der Waals surface area contributed by atoms with Gasteiger partial charge in [-0.15, -0.1) is 0 Å². The van der Waals surface area contributed by atoms with Gasteiger partial charge in [-0.3, -0.25) is 0 Å². The molecule has 2 amide bonds. The maximum atomic E-state index is 11.7. The van der Waals surface area contributed by atoms with Gasteiger partial charge in [0.2, 0.25) is 0 Å². The first kappa shape index (κ1) is 14.3. The van der Waals surface area contributed by atoms with Crippen molar-refractivity contribution in [2.24, 2.45) is 0 Å². The van der Waals surface area contributed by atoms with Crippen LogP contribution in [0.1, 0.15) is 29.8 Å². The Kier molecular flexibility index (Phi) is 4.89. The van der Waals surface area contributed by atoms with Gasteiger partial charge in [-0.05, 0) is 31.4 Å². The molecule has 1 atom stereocenters. The Labute approximate surface area is 116 Å². The SMILES string of the molecule is O=C(NCC1CCCCO1)Nc1cccnc1C(=O)O. The Hall–Kier alpha value is -2.15. The molecule has 7 nitrogen and oxygen atoms in total. The van der Waals surface area contributed by atoms with Gasteiger partial charge in [0.1, 0.15) is 0 Å². The van der Waals surface area contributed by atoms with Crippen molar-refractivity contribution in [1.82, 2.24) is 10.3 Å². The first-order chi connectivity index (χ1) is 9.66. The zero-order valence-corrected chi connectivity index (χ0v) is 11.0. The molecule has 1 aromatic heterocycles. The van der Waals surface area contributed by atoms with E-state index in [-0.39, 0.29) is 17.5 Å².